The molecule has 0 radical (unpaired) electrons. The number of esters is 1. The summed E-state index contributed by atoms with van der Waals surface area (Å²) in [5, 5.41) is -1.84. The normalized spacial score (nSPS) is 12.4. The first-order valence-corrected chi connectivity index (χ1v) is 5.94. The predicted molar refractivity (Wildman–Crippen MR) is 50.0 cm³/mol. The van der Waals surface area contributed by atoms with Crippen molar-refractivity contribution in [1.82, 2.24) is 0 Å². The molecular formula is C8H13NaO6S. The summed E-state index contributed by atoms with van der Waals surface area (Å²) in [4.78, 5) is 21.2. The van der Waals surface area contributed by atoms with E-state index < -0.39 is 27.8 Å². The average Bonchev–Trinajstić information content (AvgIpc) is 2.12. The molecule has 0 fully saturated rings. The van der Waals surface area contributed by atoms with Gasteiger partial charge >= 0.3 is 35.5 Å². The van der Waals surface area contributed by atoms with Crippen LogP contribution in [0.25, 0.3) is 0 Å². The van der Waals surface area contributed by atoms with Gasteiger partial charge in [-0.3, -0.25) is 4.79 Å². The third kappa shape index (κ3) is 8.23. The van der Waals surface area contributed by atoms with E-state index in [9.17, 15) is 22.6 Å². The number of hydrogen-bond acceptors (Lipinski definition) is 6. The molecule has 0 aromatic carbocycles. The summed E-state index contributed by atoms with van der Waals surface area (Å²) in [6.45, 7) is 2.06. The molecule has 0 spiro atoms. The van der Waals surface area contributed by atoms with Crippen LogP contribution in [0.5, 0.6) is 0 Å². The summed E-state index contributed by atoms with van der Waals surface area (Å²) >= 11 is 0. The molecule has 6 nitrogen and oxygen atoms in total. The second-order valence-corrected chi connectivity index (χ2v) is 4.54. The molecule has 1 unspecified atom stereocenters. The first-order chi connectivity index (χ1) is 6.91. The third-order valence-corrected chi connectivity index (χ3v) is 2.67. The minimum absolute atomic E-state index is 0. The molecule has 1 atom stereocenters. The van der Waals surface area contributed by atoms with Gasteiger partial charge in [0.15, 0.2) is 0 Å². The Kier molecular flexibility index (Phi) is 10.5. The Morgan fingerprint density at radius 2 is 2.06 bits per heavy atom. The number of carbonyl (C=O) groups excluding carboxylic acids is 2. The van der Waals surface area contributed by atoms with Gasteiger partial charge in [0.05, 0.1) is 13.0 Å². The largest absolute Gasteiger partial charge is 1.00 e. The topological polar surface area (TPSA) is 101 Å². The van der Waals surface area contributed by atoms with Crippen molar-refractivity contribution in [2.75, 3.05) is 6.61 Å². The van der Waals surface area contributed by atoms with E-state index in [1.165, 1.54) is 0 Å². The maximum absolute atomic E-state index is 10.9. The molecule has 0 aromatic heterocycles. The van der Waals surface area contributed by atoms with Crippen LogP contribution in [0.4, 0.5) is 0 Å². The summed E-state index contributed by atoms with van der Waals surface area (Å²) in [6.07, 6.45) is 0.717. The monoisotopic (exact) mass is 260 g/mol. The number of aldehydes is 1. The van der Waals surface area contributed by atoms with Crippen molar-refractivity contribution < 1.29 is 56.9 Å². The Morgan fingerprint density at radius 1 is 1.50 bits per heavy atom. The van der Waals surface area contributed by atoms with Crippen molar-refractivity contribution in [3.63, 3.8) is 0 Å². The maximum atomic E-state index is 10.9. The van der Waals surface area contributed by atoms with Crippen LogP contribution >= 0.6 is 0 Å². The minimum atomic E-state index is -4.76. The van der Waals surface area contributed by atoms with Crippen LogP contribution in [0.1, 0.15) is 26.2 Å². The van der Waals surface area contributed by atoms with Crippen LogP contribution in [-0.2, 0) is 24.4 Å². The smallest absolute Gasteiger partial charge is 0.747 e. The molecule has 0 bridgehead atoms. The van der Waals surface area contributed by atoms with Gasteiger partial charge in [-0.05, 0) is 6.42 Å². The first kappa shape index (κ1) is 18.4. The van der Waals surface area contributed by atoms with Gasteiger partial charge in [-0.2, -0.15) is 0 Å². The first-order valence-electron chi connectivity index (χ1n) is 4.47. The molecule has 0 N–H and O–H groups in total. The SMILES string of the molecule is CCCCOC(=O)CC(C=O)S(=O)(=O)[O-].[Na+]. The van der Waals surface area contributed by atoms with Crippen molar-refractivity contribution in [2.24, 2.45) is 0 Å². The van der Waals surface area contributed by atoms with E-state index >= 15 is 0 Å². The molecule has 0 rings (SSSR count). The van der Waals surface area contributed by atoms with Gasteiger partial charge in [-0.1, -0.05) is 13.3 Å². The Hall–Kier alpha value is 0.0500. The van der Waals surface area contributed by atoms with Crippen molar-refractivity contribution in [3.05, 3.63) is 0 Å². The zero-order chi connectivity index (χ0) is 11.9. The molecule has 0 heterocycles. The van der Waals surface area contributed by atoms with E-state index in [-0.39, 0.29) is 42.5 Å². The van der Waals surface area contributed by atoms with Crippen molar-refractivity contribution in [3.8, 4) is 0 Å². The van der Waals surface area contributed by atoms with E-state index in [1.54, 1.807) is 0 Å². The van der Waals surface area contributed by atoms with Crippen LogP contribution in [0.2, 0.25) is 0 Å². The zero-order valence-corrected chi connectivity index (χ0v) is 12.2. The number of unbranched alkanes of at least 4 members (excludes halogenated alkanes) is 1. The summed E-state index contributed by atoms with van der Waals surface area (Å²) in [6, 6.07) is 0. The minimum Gasteiger partial charge on any atom is -0.747 e. The van der Waals surface area contributed by atoms with Crippen molar-refractivity contribution in [1.29, 1.82) is 0 Å². The summed E-state index contributed by atoms with van der Waals surface area (Å²) < 4.78 is 35.9. The Balaban J connectivity index is 0. The Labute approximate surface area is 117 Å². The van der Waals surface area contributed by atoms with Gasteiger partial charge in [-0.15, -0.1) is 0 Å². The molecule has 88 valence electrons. The van der Waals surface area contributed by atoms with Crippen LogP contribution in [-0.4, -0.2) is 37.1 Å². The van der Waals surface area contributed by atoms with Crippen molar-refractivity contribution >= 4 is 22.4 Å². The van der Waals surface area contributed by atoms with Crippen LogP contribution in [0.15, 0.2) is 0 Å². The molecule has 0 aliphatic carbocycles. The van der Waals surface area contributed by atoms with Gasteiger partial charge in [0.25, 0.3) is 0 Å². The standard InChI is InChI=1S/C8H14O6S.Na/c1-2-3-4-14-8(10)5-7(6-9)15(11,12)13;/h6-7H,2-5H2,1H3,(H,11,12,13);/q;+1/p-1. The molecule has 0 aromatic rings. The number of carbonyl (C=O) groups is 2. The summed E-state index contributed by atoms with van der Waals surface area (Å²) in [5.41, 5.74) is 0. The molecule has 0 saturated heterocycles. The van der Waals surface area contributed by atoms with Gasteiger partial charge in [0, 0.05) is 0 Å². The molecule has 0 saturated carbocycles. The second-order valence-electron chi connectivity index (χ2n) is 2.95. The maximum Gasteiger partial charge on any atom is 1.00 e. The Bertz CT molecular complexity index is 312. The molecule has 0 amide bonds. The van der Waals surface area contributed by atoms with Crippen LogP contribution in [0, 0.1) is 0 Å². The summed E-state index contributed by atoms with van der Waals surface area (Å²) in [5.74, 6) is -0.847. The fourth-order valence-electron chi connectivity index (χ4n) is 0.772. The van der Waals surface area contributed by atoms with Gasteiger partial charge in [0.2, 0.25) is 0 Å². The molecule has 0 aliphatic rings. The number of ether oxygens (including phenoxy) is 1. The molecule has 16 heavy (non-hydrogen) atoms. The van der Waals surface area contributed by atoms with E-state index in [1.807, 2.05) is 6.92 Å². The van der Waals surface area contributed by atoms with E-state index in [0.717, 1.165) is 6.42 Å². The molecular weight excluding hydrogens is 247 g/mol. The predicted octanol–water partition coefficient (Wildman–Crippen LogP) is -3.16. The zero-order valence-electron chi connectivity index (χ0n) is 9.34. The van der Waals surface area contributed by atoms with E-state index in [2.05, 4.69) is 4.74 Å². The molecule has 8 heteroatoms. The van der Waals surface area contributed by atoms with Crippen molar-refractivity contribution in [2.45, 2.75) is 31.4 Å². The van der Waals surface area contributed by atoms with Gasteiger partial charge < -0.3 is 14.1 Å². The average molecular weight is 260 g/mol. The molecule has 0 aliphatic heterocycles. The van der Waals surface area contributed by atoms with Crippen LogP contribution in [0.3, 0.4) is 0 Å². The van der Waals surface area contributed by atoms with Gasteiger partial charge in [-0.25, -0.2) is 8.42 Å². The fourth-order valence-corrected chi connectivity index (χ4v) is 1.25. The van der Waals surface area contributed by atoms with Gasteiger partial charge in [0.1, 0.15) is 21.7 Å². The van der Waals surface area contributed by atoms with E-state index in [0.29, 0.717) is 6.42 Å². The van der Waals surface area contributed by atoms with Crippen LogP contribution < -0.4 is 29.6 Å². The van der Waals surface area contributed by atoms with E-state index in [4.69, 9.17) is 0 Å². The fraction of sp³-hybridized carbons (Fsp3) is 0.750. The quantitative estimate of drug-likeness (QED) is 0.157. The Morgan fingerprint density at radius 3 is 2.44 bits per heavy atom. The second kappa shape index (κ2) is 9.12. The number of hydrogen-bond donors (Lipinski definition) is 0. The third-order valence-electron chi connectivity index (χ3n) is 1.65. The summed E-state index contributed by atoms with van der Waals surface area (Å²) in [7, 11) is -4.76. The number of rotatable bonds is 7.